The van der Waals surface area contributed by atoms with Crippen molar-refractivity contribution in [2.45, 2.75) is 18.9 Å². The van der Waals surface area contributed by atoms with Crippen LogP contribution in [0.3, 0.4) is 0 Å². The minimum atomic E-state index is -0.105. The van der Waals surface area contributed by atoms with E-state index in [1.54, 1.807) is 12.1 Å². The summed E-state index contributed by atoms with van der Waals surface area (Å²) in [4.78, 5) is 12.1. The van der Waals surface area contributed by atoms with Crippen LogP contribution in [-0.2, 0) is 9.53 Å². The highest BCUT2D eigenvalue weighted by Crippen LogP contribution is 2.28. The number of hydrogen-bond donors (Lipinski definition) is 1. The van der Waals surface area contributed by atoms with Crippen molar-refractivity contribution in [3.8, 4) is 5.75 Å². The van der Waals surface area contributed by atoms with E-state index in [1.807, 2.05) is 12.1 Å². The molecule has 0 saturated carbocycles. The Bertz CT molecular complexity index is 550. The molecule has 4 nitrogen and oxygen atoms in total. The van der Waals surface area contributed by atoms with Gasteiger partial charge in [0.25, 0.3) is 5.91 Å². The molecule has 1 N–H and O–H groups in total. The fourth-order valence-electron chi connectivity index (χ4n) is 2.40. The molecule has 106 valence electrons. The number of nitrogens with one attached hydrogen (secondary N) is 1. The van der Waals surface area contributed by atoms with Crippen LogP contribution in [0.15, 0.2) is 23.8 Å². The first-order valence-electron chi connectivity index (χ1n) is 6.75. The second-order valence-electron chi connectivity index (χ2n) is 4.99. The van der Waals surface area contributed by atoms with Crippen LogP contribution in [0.2, 0.25) is 5.02 Å². The van der Waals surface area contributed by atoms with E-state index in [0.29, 0.717) is 17.1 Å². The molecule has 1 atom stereocenters. The van der Waals surface area contributed by atoms with Gasteiger partial charge in [0.1, 0.15) is 12.4 Å². The third-order valence-electron chi connectivity index (χ3n) is 3.49. The minimum absolute atomic E-state index is 0.105. The predicted molar refractivity (Wildman–Crippen MR) is 76.9 cm³/mol. The fourth-order valence-corrected chi connectivity index (χ4v) is 2.59. The van der Waals surface area contributed by atoms with Gasteiger partial charge in [-0.1, -0.05) is 11.6 Å². The second kappa shape index (κ2) is 5.85. The van der Waals surface area contributed by atoms with Gasteiger partial charge < -0.3 is 14.8 Å². The number of ether oxygens (including phenoxy) is 2. The van der Waals surface area contributed by atoms with Crippen LogP contribution in [0.25, 0.3) is 6.08 Å². The van der Waals surface area contributed by atoms with Gasteiger partial charge in [0.15, 0.2) is 0 Å². The van der Waals surface area contributed by atoms with E-state index in [9.17, 15) is 4.79 Å². The molecule has 1 aromatic rings. The number of halogens is 1. The number of fused-ring (bicyclic) bond motifs is 1. The number of carbonyl (C=O) groups is 1. The van der Waals surface area contributed by atoms with E-state index in [1.165, 1.54) is 0 Å². The van der Waals surface area contributed by atoms with Gasteiger partial charge in [-0.15, -0.1) is 0 Å². The van der Waals surface area contributed by atoms with Crippen molar-refractivity contribution in [1.82, 2.24) is 5.32 Å². The quantitative estimate of drug-likeness (QED) is 0.931. The molecule has 1 fully saturated rings. The Morgan fingerprint density at radius 3 is 3.15 bits per heavy atom. The van der Waals surface area contributed by atoms with Crippen LogP contribution in [0.5, 0.6) is 5.75 Å². The fraction of sp³-hybridized carbons (Fsp3) is 0.400. The summed E-state index contributed by atoms with van der Waals surface area (Å²) in [6.07, 6.45) is 4.05. The van der Waals surface area contributed by atoms with Crippen LogP contribution < -0.4 is 10.1 Å². The first-order chi connectivity index (χ1) is 9.72. The standard InChI is InChI=1S/C15H16ClNO3/c16-12-3-4-14-10(7-12)6-11(9-20-14)15(18)17-8-13-2-1-5-19-13/h3-4,6-7,13H,1-2,5,8-9H2,(H,17,18). The monoisotopic (exact) mass is 293 g/mol. The first-order valence-corrected chi connectivity index (χ1v) is 7.13. The van der Waals surface area contributed by atoms with Gasteiger partial charge in [-0.25, -0.2) is 0 Å². The van der Waals surface area contributed by atoms with Gasteiger partial charge in [-0.3, -0.25) is 4.79 Å². The summed E-state index contributed by atoms with van der Waals surface area (Å²) >= 11 is 5.95. The molecule has 3 rings (SSSR count). The number of rotatable bonds is 3. The Balaban J connectivity index is 1.66. The lowest BCUT2D eigenvalue weighted by Gasteiger charge is -2.18. The molecule has 0 spiro atoms. The van der Waals surface area contributed by atoms with Gasteiger partial charge in [0.2, 0.25) is 0 Å². The van der Waals surface area contributed by atoms with Crippen molar-refractivity contribution in [1.29, 1.82) is 0 Å². The summed E-state index contributed by atoms with van der Waals surface area (Å²) in [7, 11) is 0. The van der Waals surface area contributed by atoms with Gasteiger partial charge in [0.05, 0.1) is 11.7 Å². The van der Waals surface area contributed by atoms with Crippen LogP contribution >= 0.6 is 11.6 Å². The zero-order valence-corrected chi connectivity index (χ0v) is 11.8. The summed E-state index contributed by atoms with van der Waals surface area (Å²) in [5.41, 5.74) is 1.45. The third kappa shape index (κ3) is 2.97. The molecule has 2 aliphatic rings. The molecule has 2 aliphatic heterocycles. The summed E-state index contributed by atoms with van der Waals surface area (Å²) in [6, 6.07) is 5.38. The van der Waals surface area contributed by atoms with Gasteiger partial charge in [-0.2, -0.15) is 0 Å². The second-order valence-corrected chi connectivity index (χ2v) is 5.42. The number of carbonyl (C=O) groups excluding carboxylic acids is 1. The first kappa shape index (κ1) is 13.5. The lowest BCUT2D eigenvalue weighted by Crippen LogP contribution is -2.34. The molecule has 1 amide bonds. The third-order valence-corrected chi connectivity index (χ3v) is 3.73. The largest absolute Gasteiger partial charge is 0.488 e. The zero-order chi connectivity index (χ0) is 13.9. The Morgan fingerprint density at radius 1 is 1.45 bits per heavy atom. The maximum absolute atomic E-state index is 12.1. The minimum Gasteiger partial charge on any atom is -0.488 e. The van der Waals surface area contributed by atoms with Crippen LogP contribution in [0.4, 0.5) is 0 Å². The highest BCUT2D eigenvalue weighted by atomic mass is 35.5. The molecule has 1 aromatic carbocycles. The van der Waals surface area contributed by atoms with Crippen molar-refractivity contribution in [3.05, 3.63) is 34.4 Å². The Kier molecular flexibility index (Phi) is 3.94. The Hall–Kier alpha value is -1.52. The maximum Gasteiger partial charge on any atom is 0.250 e. The van der Waals surface area contributed by atoms with E-state index < -0.39 is 0 Å². The average molecular weight is 294 g/mol. The van der Waals surface area contributed by atoms with E-state index >= 15 is 0 Å². The molecular weight excluding hydrogens is 278 g/mol. The smallest absolute Gasteiger partial charge is 0.250 e. The molecule has 0 bridgehead atoms. The normalized spacial score (nSPS) is 20.9. The molecule has 2 heterocycles. The molecule has 0 aliphatic carbocycles. The highest BCUT2D eigenvalue weighted by Gasteiger charge is 2.20. The predicted octanol–water partition coefficient (Wildman–Crippen LogP) is 2.41. The Labute approximate surface area is 122 Å². The molecule has 20 heavy (non-hydrogen) atoms. The number of amides is 1. The molecule has 1 unspecified atom stereocenters. The van der Waals surface area contributed by atoms with E-state index in [0.717, 1.165) is 30.8 Å². The molecule has 0 aromatic heterocycles. The zero-order valence-electron chi connectivity index (χ0n) is 11.0. The molecule has 1 saturated heterocycles. The van der Waals surface area contributed by atoms with Gasteiger partial charge in [0, 0.05) is 23.7 Å². The lowest BCUT2D eigenvalue weighted by atomic mass is 10.1. The average Bonchev–Trinajstić information content (AvgIpc) is 2.97. The summed E-state index contributed by atoms with van der Waals surface area (Å²) in [5, 5.41) is 3.52. The van der Waals surface area contributed by atoms with Crippen molar-refractivity contribution < 1.29 is 14.3 Å². The summed E-state index contributed by atoms with van der Waals surface area (Å²) < 4.78 is 11.0. The maximum atomic E-state index is 12.1. The van der Waals surface area contributed by atoms with Gasteiger partial charge in [-0.05, 0) is 37.1 Å². The van der Waals surface area contributed by atoms with E-state index in [4.69, 9.17) is 21.1 Å². The van der Waals surface area contributed by atoms with Crippen molar-refractivity contribution in [2.75, 3.05) is 19.8 Å². The molecule has 5 heteroatoms. The van der Waals surface area contributed by atoms with E-state index in [-0.39, 0.29) is 18.6 Å². The SMILES string of the molecule is O=C(NCC1CCCO1)C1=Cc2cc(Cl)ccc2OC1. The summed E-state index contributed by atoms with van der Waals surface area (Å²) in [5.74, 6) is 0.649. The van der Waals surface area contributed by atoms with Crippen molar-refractivity contribution in [3.63, 3.8) is 0 Å². The topological polar surface area (TPSA) is 47.6 Å². The van der Waals surface area contributed by atoms with E-state index in [2.05, 4.69) is 5.32 Å². The Morgan fingerprint density at radius 2 is 2.35 bits per heavy atom. The van der Waals surface area contributed by atoms with Gasteiger partial charge >= 0.3 is 0 Å². The number of hydrogen-bond acceptors (Lipinski definition) is 3. The van der Waals surface area contributed by atoms with Crippen LogP contribution in [0.1, 0.15) is 18.4 Å². The highest BCUT2D eigenvalue weighted by molar-refractivity contribution is 6.30. The lowest BCUT2D eigenvalue weighted by molar-refractivity contribution is -0.118. The summed E-state index contributed by atoms with van der Waals surface area (Å²) in [6.45, 7) is 1.63. The van der Waals surface area contributed by atoms with Crippen LogP contribution in [-0.4, -0.2) is 31.8 Å². The number of benzene rings is 1. The van der Waals surface area contributed by atoms with Crippen molar-refractivity contribution in [2.24, 2.45) is 0 Å². The molecule has 0 radical (unpaired) electrons. The van der Waals surface area contributed by atoms with Crippen molar-refractivity contribution >= 4 is 23.6 Å². The molecular formula is C15H16ClNO3. The van der Waals surface area contributed by atoms with Crippen LogP contribution in [0, 0.1) is 0 Å².